The van der Waals surface area contributed by atoms with Crippen LogP contribution in [0.25, 0.3) is 0 Å². The van der Waals surface area contributed by atoms with Crippen molar-refractivity contribution in [3.05, 3.63) is 47.8 Å². The number of nitrogens with zero attached hydrogens (tertiary/aromatic N) is 5. The van der Waals surface area contributed by atoms with Gasteiger partial charge in [-0.1, -0.05) is 20.8 Å². The van der Waals surface area contributed by atoms with Crippen LogP contribution in [0.5, 0.6) is 0 Å². The SMILES string of the molecule is CCc1ccnc(CC(=O)CN2C(=O)N(c3cnc(C(F)(F)F)nc3)C[C@@H]2C(C)C)c1. The van der Waals surface area contributed by atoms with Crippen LogP contribution < -0.4 is 4.90 Å². The predicted octanol–water partition coefficient (Wildman–Crippen LogP) is 3.53. The van der Waals surface area contributed by atoms with Gasteiger partial charge < -0.3 is 4.90 Å². The molecule has 0 radical (unpaired) electrons. The fourth-order valence-corrected chi connectivity index (χ4v) is 3.53. The molecule has 31 heavy (non-hydrogen) atoms. The zero-order valence-electron chi connectivity index (χ0n) is 17.6. The Hall–Kier alpha value is -3.04. The maximum absolute atomic E-state index is 13.0. The minimum absolute atomic E-state index is 0.0404. The molecule has 7 nitrogen and oxygen atoms in total. The maximum atomic E-state index is 13.0. The molecule has 2 aromatic rings. The number of urea groups is 1. The first-order valence-electron chi connectivity index (χ1n) is 10.0. The second-order valence-corrected chi connectivity index (χ2v) is 7.82. The van der Waals surface area contributed by atoms with Gasteiger partial charge in [-0.05, 0) is 30.0 Å². The number of amides is 2. The van der Waals surface area contributed by atoms with Crippen LogP contribution >= 0.6 is 0 Å². The molecular formula is C21H24F3N5O2. The van der Waals surface area contributed by atoms with Gasteiger partial charge in [0.15, 0.2) is 5.78 Å². The predicted molar refractivity (Wildman–Crippen MR) is 107 cm³/mol. The lowest BCUT2D eigenvalue weighted by Gasteiger charge is -2.25. The summed E-state index contributed by atoms with van der Waals surface area (Å²) in [5.74, 6) is -1.39. The Labute approximate surface area is 178 Å². The molecule has 1 aliphatic heterocycles. The number of Topliss-reactive ketones (excluding diaryl/α,β-unsaturated/α-hetero) is 1. The van der Waals surface area contributed by atoms with E-state index in [2.05, 4.69) is 15.0 Å². The summed E-state index contributed by atoms with van der Waals surface area (Å²) >= 11 is 0. The molecule has 0 bridgehead atoms. The normalized spacial score (nSPS) is 17.0. The van der Waals surface area contributed by atoms with Crippen molar-refractivity contribution in [3.63, 3.8) is 0 Å². The number of aryl methyl sites for hydroxylation is 1. The molecule has 1 atom stereocenters. The lowest BCUT2D eigenvalue weighted by Crippen LogP contribution is -2.41. The van der Waals surface area contributed by atoms with Crippen LogP contribution in [0, 0.1) is 5.92 Å². The standard InChI is InChI=1S/C21H24F3N5O2/c1-4-14-5-6-25-15(7-14)8-17(30)11-29-18(13(2)3)12-28(20(29)31)16-9-26-19(27-10-16)21(22,23)24/h5-7,9-10,13,18H,4,8,11-12H2,1-3H3/t18-/m1/s1. The van der Waals surface area contributed by atoms with Crippen molar-refractivity contribution < 1.29 is 22.8 Å². The molecule has 1 saturated heterocycles. The van der Waals surface area contributed by atoms with Crippen LogP contribution in [0.4, 0.5) is 23.7 Å². The summed E-state index contributed by atoms with van der Waals surface area (Å²) in [6.45, 7) is 6.00. The number of anilines is 1. The number of hydrogen-bond donors (Lipinski definition) is 0. The van der Waals surface area contributed by atoms with Crippen molar-refractivity contribution in [1.29, 1.82) is 0 Å². The number of carbonyl (C=O) groups excluding carboxylic acids is 2. The molecule has 166 valence electrons. The van der Waals surface area contributed by atoms with Gasteiger partial charge in [0.05, 0.1) is 37.1 Å². The monoisotopic (exact) mass is 435 g/mol. The summed E-state index contributed by atoms with van der Waals surface area (Å²) in [7, 11) is 0. The Bertz CT molecular complexity index is 947. The lowest BCUT2D eigenvalue weighted by molar-refractivity contribution is -0.145. The number of hydrogen-bond acceptors (Lipinski definition) is 5. The molecular weight excluding hydrogens is 411 g/mol. The minimum Gasteiger partial charge on any atom is -0.312 e. The zero-order valence-corrected chi connectivity index (χ0v) is 17.6. The smallest absolute Gasteiger partial charge is 0.312 e. The molecule has 0 aromatic carbocycles. The average Bonchev–Trinajstić information content (AvgIpc) is 3.04. The van der Waals surface area contributed by atoms with Gasteiger partial charge in [-0.3, -0.25) is 14.7 Å². The number of pyridine rings is 1. The topological polar surface area (TPSA) is 79.3 Å². The van der Waals surface area contributed by atoms with E-state index in [9.17, 15) is 22.8 Å². The zero-order chi connectivity index (χ0) is 22.8. The quantitative estimate of drug-likeness (QED) is 0.665. The molecule has 0 saturated carbocycles. The fraction of sp³-hybridized carbons (Fsp3) is 0.476. The van der Waals surface area contributed by atoms with Crippen LogP contribution in [0.1, 0.15) is 37.9 Å². The highest BCUT2D eigenvalue weighted by Gasteiger charge is 2.41. The highest BCUT2D eigenvalue weighted by molar-refractivity contribution is 5.97. The largest absolute Gasteiger partial charge is 0.451 e. The minimum atomic E-state index is -4.66. The van der Waals surface area contributed by atoms with E-state index in [1.54, 1.807) is 6.20 Å². The molecule has 3 rings (SSSR count). The third kappa shape index (κ3) is 5.18. The van der Waals surface area contributed by atoms with Gasteiger partial charge in [0.1, 0.15) is 0 Å². The highest BCUT2D eigenvalue weighted by Crippen LogP contribution is 2.29. The van der Waals surface area contributed by atoms with E-state index in [0.29, 0.717) is 5.69 Å². The Morgan fingerprint density at radius 2 is 1.90 bits per heavy atom. The first kappa shape index (κ1) is 22.6. The summed E-state index contributed by atoms with van der Waals surface area (Å²) in [6, 6.07) is 3.03. The first-order chi connectivity index (χ1) is 14.6. The van der Waals surface area contributed by atoms with E-state index in [1.807, 2.05) is 32.9 Å². The Morgan fingerprint density at radius 1 is 1.23 bits per heavy atom. The number of rotatable bonds is 7. The van der Waals surface area contributed by atoms with Crippen LogP contribution in [0.15, 0.2) is 30.7 Å². The van der Waals surface area contributed by atoms with Crippen molar-refractivity contribution in [2.75, 3.05) is 18.0 Å². The highest BCUT2D eigenvalue weighted by atomic mass is 19.4. The molecule has 0 unspecified atom stereocenters. The summed E-state index contributed by atoms with van der Waals surface area (Å²) in [6.07, 6.45) is -0.103. The second-order valence-electron chi connectivity index (χ2n) is 7.82. The lowest BCUT2D eigenvalue weighted by atomic mass is 10.0. The number of aromatic nitrogens is 3. The Balaban J connectivity index is 1.75. The third-order valence-corrected chi connectivity index (χ3v) is 5.23. The van der Waals surface area contributed by atoms with Crippen LogP contribution in [-0.2, 0) is 23.8 Å². The molecule has 1 fully saturated rings. The number of alkyl halides is 3. The molecule has 1 aliphatic rings. The van der Waals surface area contributed by atoms with Crippen LogP contribution in [0.3, 0.4) is 0 Å². The van der Waals surface area contributed by atoms with Crippen molar-refractivity contribution in [3.8, 4) is 0 Å². The van der Waals surface area contributed by atoms with Gasteiger partial charge >= 0.3 is 12.2 Å². The molecule has 0 N–H and O–H groups in total. The molecule has 2 amide bonds. The summed E-state index contributed by atoms with van der Waals surface area (Å²) in [4.78, 5) is 39.3. The Kier molecular flexibility index (Phi) is 6.56. The van der Waals surface area contributed by atoms with Gasteiger partial charge in [0, 0.05) is 18.4 Å². The van der Waals surface area contributed by atoms with Crippen LogP contribution in [-0.4, -0.2) is 50.8 Å². The molecule has 10 heteroatoms. The van der Waals surface area contributed by atoms with E-state index < -0.39 is 18.0 Å². The Morgan fingerprint density at radius 3 is 2.48 bits per heavy atom. The van der Waals surface area contributed by atoms with Gasteiger partial charge in [-0.15, -0.1) is 0 Å². The fourth-order valence-electron chi connectivity index (χ4n) is 3.53. The molecule has 0 aliphatic carbocycles. The van der Waals surface area contributed by atoms with Gasteiger partial charge in [0.2, 0.25) is 5.82 Å². The van der Waals surface area contributed by atoms with Crippen molar-refractivity contribution in [2.24, 2.45) is 5.92 Å². The first-order valence-corrected chi connectivity index (χ1v) is 10.0. The molecule has 3 heterocycles. The van der Waals surface area contributed by atoms with E-state index in [1.165, 1.54) is 9.80 Å². The van der Waals surface area contributed by atoms with Gasteiger partial charge in [-0.2, -0.15) is 13.2 Å². The second kappa shape index (κ2) is 8.99. The summed E-state index contributed by atoms with van der Waals surface area (Å²) in [5.41, 5.74) is 1.88. The number of carbonyl (C=O) groups is 2. The average molecular weight is 435 g/mol. The number of ketones is 1. The van der Waals surface area contributed by atoms with Crippen molar-refractivity contribution in [2.45, 2.75) is 45.8 Å². The number of halogens is 3. The maximum Gasteiger partial charge on any atom is 0.451 e. The van der Waals surface area contributed by atoms with E-state index in [-0.39, 0.29) is 42.9 Å². The van der Waals surface area contributed by atoms with E-state index in [4.69, 9.17) is 0 Å². The molecule has 0 spiro atoms. The van der Waals surface area contributed by atoms with Crippen molar-refractivity contribution in [1.82, 2.24) is 19.9 Å². The van der Waals surface area contributed by atoms with Crippen LogP contribution in [0.2, 0.25) is 0 Å². The molecule has 2 aromatic heterocycles. The van der Waals surface area contributed by atoms with E-state index in [0.717, 1.165) is 24.4 Å². The summed E-state index contributed by atoms with van der Waals surface area (Å²) in [5, 5.41) is 0. The summed E-state index contributed by atoms with van der Waals surface area (Å²) < 4.78 is 38.2. The van der Waals surface area contributed by atoms with Gasteiger partial charge in [-0.25, -0.2) is 14.8 Å². The van der Waals surface area contributed by atoms with E-state index >= 15 is 0 Å². The third-order valence-electron chi connectivity index (χ3n) is 5.23. The van der Waals surface area contributed by atoms with Crippen molar-refractivity contribution >= 4 is 17.5 Å². The van der Waals surface area contributed by atoms with Gasteiger partial charge in [0.25, 0.3) is 0 Å².